The Morgan fingerprint density at radius 3 is 2.72 bits per heavy atom. The van der Waals surface area contributed by atoms with Crippen molar-refractivity contribution in [3.63, 3.8) is 0 Å². The second kappa shape index (κ2) is 11.1. The first kappa shape index (κ1) is 23.7. The third-order valence-corrected chi connectivity index (χ3v) is 5.15. The summed E-state index contributed by atoms with van der Waals surface area (Å²) < 4.78 is 16.1. The minimum absolute atomic E-state index is 0. The predicted molar refractivity (Wildman–Crippen MR) is 133 cm³/mol. The third-order valence-electron chi connectivity index (χ3n) is 5.15. The van der Waals surface area contributed by atoms with Crippen LogP contribution in [0.25, 0.3) is 11.6 Å². The van der Waals surface area contributed by atoms with Crippen LogP contribution in [0.5, 0.6) is 11.5 Å². The summed E-state index contributed by atoms with van der Waals surface area (Å²) in [6, 6.07) is 9.82. The smallest absolute Gasteiger partial charge is 0.216 e. The van der Waals surface area contributed by atoms with Crippen molar-refractivity contribution in [2.24, 2.45) is 4.99 Å². The van der Waals surface area contributed by atoms with Crippen LogP contribution in [-0.4, -0.2) is 61.5 Å². The molecule has 1 aromatic carbocycles. The van der Waals surface area contributed by atoms with Gasteiger partial charge in [-0.1, -0.05) is 0 Å². The fourth-order valence-electron chi connectivity index (χ4n) is 3.53. The standard InChI is InChI=1S/C21H27N7O3.HI/c1-22-21(23-12-19-25-20(27-26-19)18-5-4-8-31-18)24-14-6-7-28(13-14)15-9-16(29-2)11-17(10-15)30-3;/h4-5,8-11,14H,6-7,12-13H2,1-3H3,(H2,22,23,24)(H,25,26,27);1H. The average molecular weight is 553 g/mol. The van der Waals surface area contributed by atoms with Crippen LogP contribution in [0.3, 0.4) is 0 Å². The maximum Gasteiger partial charge on any atom is 0.216 e. The molecular weight excluding hydrogens is 525 g/mol. The van der Waals surface area contributed by atoms with Gasteiger partial charge < -0.3 is 29.4 Å². The molecule has 0 aliphatic carbocycles. The Morgan fingerprint density at radius 2 is 2.06 bits per heavy atom. The van der Waals surface area contributed by atoms with E-state index in [2.05, 4.69) is 35.7 Å². The number of methoxy groups -OCH3 is 2. The number of benzene rings is 1. The third kappa shape index (κ3) is 5.64. The van der Waals surface area contributed by atoms with Crippen molar-refractivity contribution in [3.05, 3.63) is 42.4 Å². The van der Waals surface area contributed by atoms with Gasteiger partial charge >= 0.3 is 0 Å². The van der Waals surface area contributed by atoms with E-state index in [9.17, 15) is 0 Å². The van der Waals surface area contributed by atoms with Gasteiger partial charge in [0.1, 0.15) is 17.3 Å². The Morgan fingerprint density at radius 1 is 1.28 bits per heavy atom. The molecule has 0 saturated carbocycles. The number of aromatic nitrogens is 3. The summed E-state index contributed by atoms with van der Waals surface area (Å²) in [5, 5.41) is 13.9. The lowest BCUT2D eigenvalue weighted by Gasteiger charge is -2.21. The van der Waals surface area contributed by atoms with Crippen molar-refractivity contribution < 1.29 is 13.9 Å². The van der Waals surface area contributed by atoms with Gasteiger partial charge in [-0.25, -0.2) is 4.98 Å². The molecule has 32 heavy (non-hydrogen) atoms. The maximum atomic E-state index is 5.39. The van der Waals surface area contributed by atoms with E-state index in [-0.39, 0.29) is 30.0 Å². The highest BCUT2D eigenvalue weighted by Gasteiger charge is 2.24. The highest BCUT2D eigenvalue weighted by Crippen LogP contribution is 2.30. The molecule has 3 N–H and O–H groups in total. The Kier molecular flexibility index (Phi) is 8.20. The van der Waals surface area contributed by atoms with E-state index in [0.29, 0.717) is 29.9 Å². The molecule has 3 aromatic rings. The minimum Gasteiger partial charge on any atom is -0.497 e. The normalized spacial score (nSPS) is 15.9. The Bertz CT molecular complexity index is 1000. The van der Waals surface area contributed by atoms with Crippen LogP contribution in [0.1, 0.15) is 12.2 Å². The lowest BCUT2D eigenvalue weighted by atomic mass is 10.2. The second-order valence-corrected chi connectivity index (χ2v) is 7.16. The number of H-pyrrole nitrogens is 1. The van der Waals surface area contributed by atoms with E-state index < -0.39 is 0 Å². The molecule has 3 heterocycles. The van der Waals surface area contributed by atoms with Gasteiger partial charge in [0.25, 0.3) is 0 Å². The number of halogens is 1. The number of nitrogens with one attached hydrogen (secondary N) is 3. The predicted octanol–water partition coefficient (Wildman–Crippen LogP) is 2.64. The maximum absolute atomic E-state index is 5.39. The van der Waals surface area contributed by atoms with E-state index in [1.807, 2.05) is 30.3 Å². The number of hydrogen-bond donors (Lipinski definition) is 3. The molecule has 0 radical (unpaired) electrons. The van der Waals surface area contributed by atoms with Crippen molar-refractivity contribution in [2.45, 2.75) is 19.0 Å². The number of rotatable bonds is 7. The lowest BCUT2D eigenvalue weighted by Crippen LogP contribution is -2.44. The van der Waals surface area contributed by atoms with E-state index in [1.54, 1.807) is 27.5 Å². The van der Waals surface area contributed by atoms with Crippen molar-refractivity contribution in [1.29, 1.82) is 0 Å². The average Bonchev–Trinajstić information content (AvgIpc) is 3.57. The highest BCUT2D eigenvalue weighted by atomic mass is 127. The number of nitrogens with zero attached hydrogens (tertiary/aromatic N) is 4. The first-order chi connectivity index (χ1) is 15.2. The van der Waals surface area contributed by atoms with E-state index >= 15 is 0 Å². The van der Waals surface area contributed by atoms with Crippen molar-refractivity contribution >= 4 is 35.6 Å². The van der Waals surface area contributed by atoms with Gasteiger partial charge in [0, 0.05) is 50.1 Å². The molecule has 0 amide bonds. The minimum atomic E-state index is 0. The topological polar surface area (TPSA) is 113 Å². The molecular formula is C21H28IN7O3. The van der Waals surface area contributed by atoms with Crippen LogP contribution < -0.4 is 25.0 Å². The molecule has 1 fully saturated rings. The van der Waals surface area contributed by atoms with Crippen LogP contribution in [0.15, 0.2) is 46.0 Å². The quantitative estimate of drug-likeness (QED) is 0.233. The zero-order chi connectivity index (χ0) is 21.6. The molecule has 1 aliphatic rings. The molecule has 1 atom stereocenters. The molecule has 1 aliphatic heterocycles. The molecule has 1 unspecified atom stereocenters. The summed E-state index contributed by atoms with van der Waals surface area (Å²) in [7, 11) is 5.08. The fourth-order valence-corrected chi connectivity index (χ4v) is 3.53. The van der Waals surface area contributed by atoms with E-state index in [1.165, 1.54) is 0 Å². The number of aromatic amines is 1. The summed E-state index contributed by atoms with van der Waals surface area (Å²) in [5.74, 6) is 4.14. The van der Waals surface area contributed by atoms with Gasteiger partial charge in [-0.15, -0.1) is 29.1 Å². The highest BCUT2D eigenvalue weighted by molar-refractivity contribution is 14.0. The first-order valence-corrected chi connectivity index (χ1v) is 10.1. The molecule has 172 valence electrons. The first-order valence-electron chi connectivity index (χ1n) is 10.1. The van der Waals surface area contributed by atoms with Gasteiger partial charge in [-0.2, -0.15) is 0 Å². The number of ether oxygens (including phenoxy) is 2. The van der Waals surface area contributed by atoms with Crippen LogP contribution in [0.2, 0.25) is 0 Å². The summed E-state index contributed by atoms with van der Waals surface area (Å²) >= 11 is 0. The zero-order valence-corrected chi connectivity index (χ0v) is 20.6. The van der Waals surface area contributed by atoms with Gasteiger partial charge in [0.15, 0.2) is 11.7 Å². The Hall–Kier alpha value is -2.96. The van der Waals surface area contributed by atoms with Crippen molar-refractivity contribution in [3.8, 4) is 23.1 Å². The van der Waals surface area contributed by atoms with Gasteiger partial charge in [-0.05, 0) is 18.6 Å². The molecule has 0 bridgehead atoms. The van der Waals surface area contributed by atoms with Crippen molar-refractivity contribution in [2.75, 3.05) is 39.3 Å². The van der Waals surface area contributed by atoms with Crippen LogP contribution in [-0.2, 0) is 6.54 Å². The molecule has 4 rings (SSSR count). The summed E-state index contributed by atoms with van der Waals surface area (Å²) in [6.45, 7) is 2.25. The zero-order valence-electron chi connectivity index (χ0n) is 18.3. The molecule has 2 aromatic heterocycles. The van der Waals surface area contributed by atoms with Crippen LogP contribution in [0.4, 0.5) is 5.69 Å². The number of guanidine groups is 1. The second-order valence-electron chi connectivity index (χ2n) is 7.16. The number of hydrogen-bond acceptors (Lipinski definition) is 7. The summed E-state index contributed by atoms with van der Waals surface area (Å²) in [6.07, 6.45) is 2.59. The molecule has 11 heteroatoms. The number of furan rings is 1. The monoisotopic (exact) mass is 553 g/mol. The largest absolute Gasteiger partial charge is 0.497 e. The number of aliphatic imine (C=N–C) groups is 1. The molecule has 1 saturated heterocycles. The lowest BCUT2D eigenvalue weighted by molar-refractivity contribution is 0.394. The Balaban J connectivity index is 0.00000289. The van der Waals surface area contributed by atoms with Crippen molar-refractivity contribution in [1.82, 2.24) is 25.8 Å². The van der Waals surface area contributed by atoms with E-state index in [0.717, 1.165) is 36.7 Å². The Labute approximate surface area is 203 Å². The fraction of sp³-hybridized carbons (Fsp3) is 0.381. The van der Waals surface area contributed by atoms with E-state index in [4.69, 9.17) is 13.9 Å². The number of anilines is 1. The van der Waals surface area contributed by atoms with Gasteiger partial charge in [0.05, 0.1) is 27.0 Å². The van der Waals surface area contributed by atoms with Crippen LogP contribution in [0, 0.1) is 0 Å². The summed E-state index contributed by atoms with van der Waals surface area (Å²) in [4.78, 5) is 11.1. The summed E-state index contributed by atoms with van der Waals surface area (Å²) in [5.41, 5.74) is 1.08. The van der Waals surface area contributed by atoms with Gasteiger partial charge in [0.2, 0.25) is 5.82 Å². The molecule has 10 nitrogen and oxygen atoms in total. The van der Waals surface area contributed by atoms with Gasteiger partial charge in [-0.3, -0.25) is 10.1 Å². The molecule has 0 spiro atoms. The van der Waals surface area contributed by atoms with Crippen LogP contribution >= 0.6 is 24.0 Å². The SMILES string of the molecule is CN=C(NCc1nc(-c2ccco2)n[nH]1)NC1CCN(c2cc(OC)cc(OC)c2)C1.I.